The van der Waals surface area contributed by atoms with E-state index in [2.05, 4.69) is 4.74 Å². The summed E-state index contributed by atoms with van der Waals surface area (Å²) in [4.78, 5) is 22.4. The highest BCUT2D eigenvalue weighted by molar-refractivity contribution is 6.39. The van der Waals surface area contributed by atoms with Gasteiger partial charge in [0, 0.05) is 11.6 Å². The highest BCUT2D eigenvalue weighted by Gasteiger charge is 2.14. The Bertz CT molecular complexity index is 520. The lowest BCUT2D eigenvalue weighted by molar-refractivity contribution is -0.151. The van der Waals surface area contributed by atoms with Gasteiger partial charge in [0.15, 0.2) is 0 Å². The van der Waals surface area contributed by atoms with E-state index in [1.54, 1.807) is 13.8 Å². The van der Waals surface area contributed by atoms with Crippen LogP contribution in [0.25, 0.3) is 5.76 Å². The van der Waals surface area contributed by atoms with Crippen molar-refractivity contribution in [1.82, 2.24) is 0 Å². The SMILES string of the molecule is CCOC(=O)C(=O)/C=C(\O)c1ccc(CC)c(F)c1. The summed E-state index contributed by atoms with van der Waals surface area (Å²) >= 11 is 0. The van der Waals surface area contributed by atoms with Crippen molar-refractivity contribution in [2.24, 2.45) is 0 Å². The summed E-state index contributed by atoms with van der Waals surface area (Å²) in [6, 6.07) is 4.11. The Morgan fingerprint density at radius 2 is 2.05 bits per heavy atom. The van der Waals surface area contributed by atoms with Crippen LogP contribution >= 0.6 is 0 Å². The molecule has 0 unspecified atom stereocenters. The summed E-state index contributed by atoms with van der Waals surface area (Å²) in [5.41, 5.74) is 0.639. The molecule has 0 spiro atoms. The third kappa shape index (κ3) is 3.91. The largest absolute Gasteiger partial charge is 0.507 e. The quantitative estimate of drug-likeness (QED) is 0.385. The lowest BCUT2D eigenvalue weighted by atomic mass is 10.1. The molecule has 0 aliphatic heterocycles. The Balaban J connectivity index is 2.93. The molecule has 4 nitrogen and oxygen atoms in total. The molecule has 1 aromatic carbocycles. The van der Waals surface area contributed by atoms with Gasteiger partial charge < -0.3 is 9.84 Å². The zero-order chi connectivity index (χ0) is 14.4. The lowest BCUT2D eigenvalue weighted by Gasteiger charge is -2.04. The van der Waals surface area contributed by atoms with Crippen molar-refractivity contribution in [2.75, 3.05) is 6.61 Å². The van der Waals surface area contributed by atoms with Crippen molar-refractivity contribution in [3.63, 3.8) is 0 Å². The zero-order valence-electron chi connectivity index (χ0n) is 10.8. The maximum absolute atomic E-state index is 13.5. The minimum Gasteiger partial charge on any atom is -0.507 e. The summed E-state index contributed by atoms with van der Waals surface area (Å²) in [5, 5.41) is 9.66. The van der Waals surface area contributed by atoms with E-state index in [-0.39, 0.29) is 12.2 Å². The van der Waals surface area contributed by atoms with Gasteiger partial charge in [0.2, 0.25) is 0 Å². The van der Waals surface area contributed by atoms with E-state index < -0.39 is 23.3 Å². The molecule has 1 N–H and O–H groups in total. The Morgan fingerprint density at radius 3 is 2.58 bits per heavy atom. The summed E-state index contributed by atoms with van der Waals surface area (Å²) in [6.45, 7) is 3.44. The van der Waals surface area contributed by atoms with E-state index in [1.165, 1.54) is 12.1 Å². The van der Waals surface area contributed by atoms with E-state index in [9.17, 15) is 19.1 Å². The number of rotatable bonds is 5. The maximum Gasteiger partial charge on any atom is 0.379 e. The molecule has 5 heteroatoms. The monoisotopic (exact) mass is 266 g/mol. The molecular weight excluding hydrogens is 251 g/mol. The first-order valence-corrected chi connectivity index (χ1v) is 5.90. The average Bonchev–Trinajstić information content (AvgIpc) is 2.38. The number of esters is 1. The number of aliphatic hydroxyl groups excluding tert-OH is 1. The number of halogens is 1. The zero-order valence-corrected chi connectivity index (χ0v) is 10.8. The minimum absolute atomic E-state index is 0.0685. The predicted octanol–water partition coefficient (Wildman–Crippen LogP) is 2.42. The fourth-order valence-corrected chi connectivity index (χ4v) is 1.46. The number of carbonyl (C=O) groups excluding carboxylic acids is 2. The fraction of sp³-hybridized carbons (Fsp3) is 0.286. The van der Waals surface area contributed by atoms with Crippen LogP contribution in [0.2, 0.25) is 0 Å². The second kappa shape index (κ2) is 6.68. The van der Waals surface area contributed by atoms with Gasteiger partial charge in [-0.1, -0.05) is 19.1 Å². The summed E-state index contributed by atoms with van der Waals surface area (Å²) in [5.74, 6) is -2.98. The molecule has 0 saturated carbocycles. The second-order valence-electron chi connectivity index (χ2n) is 3.77. The van der Waals surface area contributed by atoms with E-state index in [1.807, 2.05) is 0 Å². The second-order valence-corrected chi connectivity index (χ2v) is 3.77. The molecule has 0 atom stereocenters. The first-order valence-electron chi connectivity index (χ1n) is 5.90. The van der Waals surface area contributed by atoms with Crippen LogP contribution in [0, 0.1) is 5.82 Å². The highest BCUT2D eigenvalue weighted by Crippen LogP contribution is 2.16. The number of ether oxygens (including phenoxy) is 1. The summed E-state index contributed by atoms with van der Waals surface area (Å²) in [7, 11) is 0. The number of aryl methyl sites for hydroxylation is 1. The highest BCUT2D eigenvalue weighted by atomic mass is 19.1. The van der Waals surface area contributed by atoms with Crippen LogP contribution in [0.4, 0.5) is 4.39 Å². The van der Waals surface area contributed by atoms with Crippen LogP contribution in [-0.4, -0.2) is 23.5 Å². The standard InChI is InChI=1S/C14H15FO4/c1-3-9-5-6-10(7-11(9)15)12(16)8-13(17)14(18)19-4-2/h5-8,16H,3-4H2,1-2H3/b12-8-. The van der Waals surface area contributed by atoms with E-state index in [4.69, 9.17) is 0 Å². The van der Waals surface area contributed by atoms with Crippen LogP contribution in [0.1, 0.15) is 25.0 Å². The predicted molar refractivity (Wildman–Crippen MR) is 68.0 cm³/mol. The van der Waals surface area contributed by atoms with Crippen LogP contribution in [0.3, 0.4) is 0 Å². The third-order valence-corrected chi connectivity index (χ3v) is 2.47. The first-order chi connectivity index (χ1) is 8.99. The van der Waals surface area contributed by atoms with Gasteiger partial charge in [0.1, 0.15) is 11.6 Å². The molecule has 0 aromatic heterocycles. The van der Waals surface area contributed by atoms with E-state index in [0.717, 1.165) is 12.1 Å². The van der Waals surface area contributed by atoms with Crippen LogP contribution < -0.4 is 0 Å². The van der Waals surface area contributed by atoms with Crippen LogP contribution in [0.5, 0.6) is 0 Å². The van der Waals surface area contributed by atoms with Crippen molar-refractivity contribution < 1.29 is 23.8 Å². The smallest absolute Gasteiger partial charge is 0.379 e. The molecule has 0 saturated heterocycles. The molecule has 0 fully saturated rings. The number of hydrogen-bond donors (Lipinski definition) is 1. The molecule has 0 radical (unpaired) electrons. The van der Waals surface area contributed by atoms with Gasteiger partial charge in [0.05, 0.1) is 6.61 Å². The van der Waals surface area contributed by atoms with E-state index >= 15 is 0 Å². The number of carbonyl (C=O) groups is 2. The average molecular weight is 266 g/mol. The van der Waals surface area contributed by atoms with E-state index in [0.29, 0.717) is 12.0 Å². The molecular formula is C14H15FO4. The number of benzene rings is 1. The van der Waals surface area contributed by atoms with Gasteiger partial charge in [-0.05, 0) is 25.0 Å². The van der Waals surface area contributed by atoms with Gasteiger partial charge in [-0.3, -0.25) is 4.79 Å². The Kier molecular flexibility index (Phi) is 5.23. The molecule has 0 heterocycles. The summed E-state index contributed by atoms with van der Waals surface area (Å²) < 4.78 is 18.0. The lowest BCUT2D eigenvalue weighted by Crippen LogP contribution is -2.15. The normalized spacial score (nSPS) is 11.2. The number of aliphatic hydroxyl groups is 1. The molecule has 0 amide bonds. The van der Waals surface area contributed by atoms with Crippen molar-refractivity contribution in [1.29, 1.82) is 0 Å². The number of ketones is 1. The Hall–Kier alpha value is -2.17. The molecule has 1 rings (SSSR count). The fourth-order valence-electron chi connectivity index (χ4n) is 1.46. The van der Waals surface area contributed by atoms with Crippen molar-refractivity contribution in [3.8, 4) is 0 Å². The van der Waals surface area contributed by atoms with Crippen LogP contribution in [-0.2, 0) is 20.7 Å². The van der Waals surface area contributed by atoms with Crippen molar-refractivity contribution >= 4 is 17.5 Å². The molecule has 0 aliphatic rings. The topological polar surface area (TPSA) is 63.6 Å². The number of hydrogen-bond acceptors (Lipinski definition) is 4. The van der Waals surface area contributed by atoms with Gasteiger partial charge >= 0.3 is 5.97 Å². The van der Waals surface area contributed by atoms with Crippen molar-refractivity contribution in [2.45, 2.75) is 20.3 Å². The van der Waals surface area contributed by atoms with Crippen molar-refractivity contribution in [3.05, 3.63) is 41.2 Å². The molecule has 19 heavy (non-hydrogen) atoms. The van der Waals surface area contributed by atoms with Gasteiger partial charge in [-0.25, -0.2) is 9.18 Å². The third-order valence-electron chi connectivity index (χ3n) is 2.47. The molecule has 0 bridgehead atoms. The molecule has 102 valence electrons. The molecule has 1 aromatic rings. The maximum atomic E-state index is 13.5. The molecule has 0 aliphatic carbocycles. The van der Waals surface area contributed by atoms with Gasteiger partial charge in [-0.2, -0.15) is 0 Å². The Morgan fingerprint density at radius 1 is 1.37 bits per heavy atom. The van der Waals surface area contributed by atoms with Gasteiger partial charge in [-0.15, -0.1) is 0 Å². The van der Waals surface area contributed by atoms with Crippen LogP contribution in [0.15, 0.2) is 24.3 Å². The first kappa shape index (κ1) is 14.9. The van der Waals surface area contributed by atoms with Gasteiger partial charge in [0.25, 0.3) is 5.78 Å². The Labute approximate surface area is 110 Å². The summed E-state index contributed by atoms with van der Waals surface area (Å²) in [6.07, 6.45) is 1.25. The minimum atomic E-state index is -1.06.